The minimum Gasteiger partial charge on any atom is -0.467 e. The molecule has 1 aromatic carbocycles. The third kappa shape index (κ3) is 2.49. The van der Waals surface area contributed by atoms with Crippen molar-refractivity contribution in [3.05, 3.63) is 29.6 Å². The molecule has 0 radical (unpaired) electrons. The molecular formula is C11H14FNO3. The number of halogens is 1. The van der Waals surface area contributed by atoms with Crippen LogP contribution in [-0.4, -0.2) is 32.3 Å². The normalized spacial score (nSPS) is 12.1. The van der Waals surface area contributed by atoms with Crippen LogP contribution in [0.4, 0.5) is 10.1 Å². The Bertz CT molecular complexity index is 393. The Kier molecular flexibility index (Phi) is 3.84. The number of carbonyl (C=O) groups is 1. The quantitative estimate of drug-likeness (QED) is 0.785. The monoisotopic (exact) mass is 227 g/mol. The van der Waals surface area contributed by atoms with Crippen LogP contribution in [0, 0.1) is 5.82 Å². The number of aliphatic hydroxyl groups excluding tert-OH is 1. The Hall–Kier alpha value is -1.62. The highest BCUT2D eigenvalue weighted by atomic mass is 19.1. The summed E-state index contributed by atoms with van der Waals surface area (Å²) in [6.45, 7) is 0. The number of carbonyl (C=O) groups excluding carboxylic acids is 1. The highest BCUT2D eigenvalue weighted by Gasteiger charge is 2.19. The van der Waals surface area contributed by atoms with Crippen molar-refractivity contribution in [2.24, 2.45) is 0 Å². The summed E-state index contributed by atoms with van der Waals surface area (Å²) in [5, 5.41) is 9.57. The summed E-state index contributed by atoms with van der Waals surface area (Å²) in [6.07, 6.45) is -1.38. The molecule has 0 aliphatic rings. The number of nitrogens with zero attached hydrogens (tertiary/aromatic N) is 1. The molecule has 0 aromatic heterocycles. The molecule has 1 rings (SSSR count). The molecule has 4 nitrogen and oxygen atoms in total. The van der Waals surface area contributed by atoms with E-state index in [1.807, 2.05) is 0 Å². The van der Waals surface area contributed by atoms with Gasteiger partial charge in [-0.15, -0.1) is 0 Å². The highest BCUT2D eigenvalue weighted by molar-refractivity contribution is 5.76. The first-order chi connectivity index (χ1) is 7.47. The molecule has 0 saturated heterocycles. The second-order valence-corrected chi connectivity index (χ2v) is 3.53. The van der Waals surface area contributed by atoms with Gasteiger partial charge in [-0.05, 0) is 17.7 Å². The lowest BCUT2D eigenvalue weighted by atomic mass is 10.1. The van der Waals surface area contributed by atoms with Gasteiger partial charge in [0.25, 0.3) is 0 Å². The molecule has 1 unspecified atom stereocenters. The third-order valence-electron chi connectivity index (χ3n) is 2.19. The molecular weight excluding hydrogens is 213 g/mol. The van der Waals surface area contributed by atoms with Gasteiger partial charge in [0.1, 0.15) is 5.82 Å². The summed E-state index contributed by atoms with van der Waals surface area (Å²) >= 11 is 0. The van der Waals surface area contributed by atoms with Gasteiger partial charge in [0.2, 0.25) is 0 Å². The lowest BCUT2D eigenvalue weighted by molar-refractivity contribution is -0.150. The van der Waals surface area contributed by atoms with E-state index < -0.39 is 17.9 Å². The Labute approximate surface area is 93.3 Å². The molecule has 0 amide bonds. The fourth-order valence-electron chi connectivity index (χ4n) is 1.29. The molecule has 1 aromatic rings. The van der Waals surface area contributed by atoms with E-state index in [9.17, 15) is 14.3 Å². The summed E-state index contributed by atoms with van der Waals surface area (Å²) in [4.78, 5) is 12.7. The van der Waals surface area contributed by atoms with Crippen LogP contribution in [0.5, 0.6) is 0 Å². The zero-order valence-electron chi connectivity index (χ0n) is 9.40. The van der Waals surface area contributed by atoms with Gasteiger partial charge in [0.05, 0.1) is 12.8 Å². The number of esters is 1. The minimum atomic E-state index is -1.38. The van der Waals surface area contributed by atoms with Gasteiger partial charge in [-0.3, -0.25) is 0 Å². The molecule has 0 aliphatic heterocycles. The summed E-state index contributed by atoms with van der Waals surface area (Å²) in [5.74, 6) is -1.18. The van der Waals surface area contributed by atoms with Crippen LogP contribution < -0.4 is 4.90 Å². The fourth-order valence-corrected chi connectivity index (χ4v) is 1.29. The van der Waals surface area contributed by atoms with Crippen molar-refractivity contribution in [2.75, 3.05) is 26.1 Å². The molecule has 16 heavy (non-hydrogen) atoms. The van der Waals surface area contributed by atoms with Gasteiger partial charge in [0, 0.05) is 14.1 Å². The number of aliphatic hydroxyl groups is 1. The summed E-state index contributed by atoms with van der Waals surface area (Å²) in [7, 11) is 4.53. The molecule has 0 fully saturated rings. The predicted octanol–water partition coefficient (Wildman–Crippen LogP) is 1.10. The van der Waals surface area contributed by atoms with Gasteiger partial charge in [-0.1, -0.05) is 6.07 Å². The minimum absolute atomic E-state index is 0.303. The molecule has 5 heteroatoms. The fraction of sp³-hybridized carbons (Fsp3) is 0.364. The van der Waals surface area contributed by atoms with Crippen molar-refractivity contribution in [1.82, 2.24) is 0 Å². The number of rotatable bonds is 3. The molecule has 0 saturated carbocycles. The first-order valence-corrected chi connectivity index (χ1v) is 4.70. The maximum absolute atomic E-state index is 13.3. The maximum Gasteiger partial charge on any atom is 0.339 e. The summed E-state index contributed by atoms with van der Waals surface area (Å²) in [6, 6.07) is 3.97. The van der Waals surface area contributed by atoms with Gasteiger partial charge in [-0.2, -0.15) is 0 Å². The molecule has 0 heterocycles. The number of ether oxygens (including phenoxy) is 1. The van der Waals surface area contributed by atoms with Crippen LogP contribution in [-0.2, 0) is 9.53 Å². The Morgan fingerprint density at radius 1 is 1.50 bits per heavy atom. The number of methoxy groups -OCH3 is 1. The van der Waals surface area contributed by atoms with Crippen molar-refractivity contribution >= 4 is 11.7 Å². The van der Waals surface area contributed by atoms with E-state index in [0.717, 1.165) is 0 Å². The summed E-state index contributed by atoms with van der Waals surface area (Å²) < 4.78 is 17.7. The summed E-state index contributed by atoms with van der Waals surface area (Å²) in [5.41, 5.74) is 0.609. The maximum atomic E-state index is 13.3. The molecule has 0 aliphatic carbocycles. The average molecular weight is 227 g/mol. The topological polar surface area (TPSA) is 49.8 Å². The van der Waals surface area contributed by atoms with E-state index in [4.69, 9.17) is 0 Å². The number of anilines is 1. The van der Waals surface area contributed by atoms with Gasteiger partial charge in [0.15, 0.2) is 6.10 Å². The third-order valence-corrected chi connectivity index (χ3v) is 2.19. The second-order valence-electron chi connectivity index (χ2n) is 3.53. The van der Waals surface area contributed by atoms with Crippen molar-refractivity contribution < 1.29 is 19.0 Å². The van der Waals surface area contributed by atoms with Crippen molar-refractivity contribution in [3.63, 3.8) is 0 Å². The van der Waals surface area contributed by atoms with E-state index in [1.54, 1.807) is 19.0 Å². The van der Waals surface area contributed by atoms with Crippen LogP contribution in [0.1, 0.15) is 11.7 Å². The smallest absolute Gasteiger partial charge is 0.339 e. The van der Waals surface area contributed by atoms with Crippen LogP contribution in [0.15, 0.2) is 18.2 Å². The van der Waals surface area contributed by atoms with E-state index in [0.29, 0.717) is 11.3 Å². The van der Waals surface area contributed by atoms with E-state index >= 15 is 0 Å². The number of benzene rings is 1. The van der Waals surface area contributed by atoms with Crippen LogP contribution in [0.25, 0.3) is 0 Å². The molecule has 0 spiro atoms. The predicted molar refractivity (Wildman–Crippen MR) is 57.7 cm³/mol. The first kappa shape index (κ1) is 12.4. The lowest BCUT2D eigenvalue weighted by Crippen LogP contribution is -2.16. The Morgan fingerprint density at radius 3 is 2.62 bits per heavy atom. The van der Waals surface area contributed by atoms with E-state index in [1.165, 1.54) is 25.3 Å². The first-order valence-electron chi connectivity index (χ1n) is 4.70. The van der Waals surface area contributed by atoms with Crippen molar-refractivity contribution in [2.45, 2.75) is 6.10 Å². The van der Waals surface area contributed by atoms with Crippen LogP contribution in [0.3, 0.4) is 0 Å². The number of hydrogen-bond donors (Lipinski definition) is 1. The molecule has 0 bridgehead atoms. The van der Waals surface area contributed by atoms with Gasteiger partial charge >= 0.3 is 5.97 Å². The van der Waals surface area contributed by atoms with Crippen molar-refractivity contribution in [1.29, 1.82) is 0 Å². The Balaban J connectivity index is 3.07. The van der Waals surface area contributed by atoms with Crippen molar-refractivity contribution in [3.8, 4) is 0 Å². The zero-order chi connectivity index (χ0) is 12.3. The second kappa shape index (κ2) is 4.94. The molecule has 1 atom stereocenters. The Morgan fingerprint density at radius 2 is 2.12 bits per heavy atom. The lowest BCUT2D eigenvalue weighted by Gasteiger charge is -2.16. The SMILES string of the molecule is COC(=O)C(O)c1ccc(F)c(N(C)C)c1. The van der Waals surface area contributed by atoms with Gasteiger partial charge < -0.3 is 14.7 Å². The standard InChI is InChI=1S/C11H14FNO3/c1-13(2)9-6-7(4-5-8(9)12)10(14)11(15)16-3/h4-6,10,14H,1-3H3. The molecule has 88 valence electrons. The van der Waals surface area contributed by atoms with Gasteiger partial charge in [-0.25, -0.2) is 9.18 Å². The number of hydrogen-bond acceptors (Lipinski definition) is 4. The van der Waals surface area contributed by atoms with Crippen LogP contribution >= 0.6 is 0 Å². The highest BCUT2D eigenvalue weighted by Crippen LogP contribution is 2.23. The zero-order valence-corrected chi connectivity index (χ0v) is 9.40. The largest absolute Gasteiger partial charge is 0.467 e. The average Bonchev–Trinajstić information content (AvgIpc) is 2.27. The van der Waals surface area contributed by atoms with Crippen LogP contribution in [0.2, 0.25) is 0 Å². The van der Waals surface area contributed by atoms with E-state index in [-0.39, 0.29) is 0 Å². The van der Waals surface area contributed by atoms with E-state index in [2.05, 4.69) is 4.74 Å². The molecule has 1 N–H and O–H groups in total.